The Morgan fingerprint density at radius 2 is 0.922 bits per heavy atom. The topological polar surface area (TPSA) is 77.1 Å². The Balaban J connectivity index is 4.05. The van der Waals surface area contributed by atoms with E-state index in [1.165, 1.54) is 154 Å². The summed E-state index contributed by atoms with van der Waals surface area (Å²) in [7, 11) is -0.00593. The lowest BCUT2D eigenvalue weighted by Crippen LogP contribution is -2.35. The van der Waals surface area contributed by atoms with E-state index in [1.807, 2.05) is 19.0 Å². The first-order valence-corrected chi connectivity index (χ1v) is 23.1. The quantitative estimate of drug-likeness (QED) is 0.0496. The van der Waals surface area contributed by atoms with Crippen LogP contribution in [-0.4, -0.2) is 73.0 Å². The zero-order chi connectivity index (χ0) is 37.4. The van der Waals surface area contributed by atoms with E-state index in [0.717, 1.165) is 25.7 Å². The second-order valence-electron chi connectivity index (χ2n) is 14.9. The van der Waals surface area contributed by atoms with E-state index in [2.05, 4.69) is 42.9 Å². The number of hydrogen-bond donors (Lipinski definition) is 1. The number of allylic oxidation sites excluding steroid dienone is 4. The fraction of sp³-hybridized carbons (Fsp3) is 0.907. The van der Waals surface area contributed by atoms with Crippen LogP contribution in [-0.2, 0) is 24.0 Å². The van der Waals surface area contributed by atoms with Gasteiger partial charge >= 0.3 is 10.3 Å². The van der Waals surface area contributed by atoms with Crippen LogP contribution in [0.4, 0.5) is 0 Å². The molecule has 1 atom stereocenters. The number of nitrogens with one attached hydrogen (secondary N) is 1. The van der Waals surface area contributed by atoms with Crippen LogP contribution >= 0.6 is 0 Å². The van der Waals surface area contributed by atoms with Gasteiger partial charge in [-0.25, -0.2) is 0 Å². The normalized spacial score (nSPS) is 13.0. The lowest BCUT2D eigenvalue weighted by atomic mass is 10.1. The van der Waals surface area contributed by atoms with Gasteiger partial charge in [-0.05, 0) is 78.3 Å². The highest BCUT2D eigenvalue weighted by molar-refractivity contribution is 7.84. The van der Waals surface area contributed by atoms with Crippen molar-refractivity contribution in [3.8, 4) is 0 Å². The molecule has 0 rings (SSSR count). The van der Waals surface area contributed by atoms with Crippen LogP contribution in [0.3, 0.4) is 0 Å². The van der Waals surface area contributed by atoms with Crippen molar-refractivity contribution in [2.45, 2.75) is 200 Å². The molecular weight excluding hydrogens is 657 g/mol. The van der Waals surface area contributed by atoms with Crippen LogP contribution in [0, 0.1) is 0 Å². The molecule has 0 spiro atoms. The van der Waals surface area contributed by atoms with E-state index in [9.17, 15) is 8.42 Å². The van der Waals surface area contributed by atoms with Crippen LogP contribution in [0.25, 0.3) is 0 Å². The largest absolute Gasteiger partial charge is 0.379 e. The number of nitrogens with zero attached hydrogens (tertiary/aromatic N) is 1. The minimum Gasteiger partial charge on any atom is -0.379 e. The van der Waals surface area contributed by atoms with E-state index in [0.29, 0.717) is 32.9 Å². The summed E-state index contributed by atoms with van der Waals surface area (Å²) in [6.07, 6.45) is 44.8. The van der Waals surface area contributed by atoms with Crippen LogP contribution in [0.5, 0.6) is 0 Å². The maximum atomic E-state index is 12.3. The molecule has 0 saturated heterocycles. The molecule has 0 aromatic rings. The molecule has 0 heterocycles. The van der Waals surface area contributed by atoms with Crippen molar-refractivity contribution in [1.82, 2.24) is 9.62 Å². The Labute approximate surface area is 318 Å². The Morgan fingerprint density at radius 1 is 0.529 bits per heavy atom. The first-order chi connectivity index (χ1) is 24.9. The van der Waals surface area contributed by atoms with Gasteiger partial charge in [0.05, 0.1) is 13.2 Å². The Hall–Kier alpha value is -0.770. The van der Waals surface area contributed by atoms with Crippen LogP contribution in [0.1, 0.15) is 194 Å². The first-order valence-electron chi connectivity index (χ1n) is 21.7. The maximum absolute atomic E-state index is 12.3. The molecule has 0 fully saturated rings. The third-order valence-corrected chi connectivity index (χ3v) is 10.4. The fourth-order valence-corrected chi connectivity index (χ4v) is 6.77. The van der Waals surface area contributed by atoms with Gasteiger partial charge in [-0.2, -0.15) is 13.1 Å². The molecule has 8 heteroatoms. The monoisotopic (exact) mass is 743 g/mol. The molecule has 0 aromatic heterocycles. The van der Waals surface area contributed by atoms with E-state index in [-0.39, 0.29) is 6.61 Å². The summed E-state index contributed by atoms with van der Waals surface area (Å²) < 4.78 is 44.4. The van der Waals surface area contributed by atoms with Gasteiger partial charge in [0.15, 0.2) is 0 Å². The van der Waals surface area contributed by atoms with Crippen LogP contribution in [0.15, 0.2) is 24.3 Å². The zero-order valence-electron chi connectivity index (χ0n) is 34.3. The summed E-state index contributed by atoms with van der Waals surface area (Å²) in [5.41, 5.74) is 0. The van der Waals surface area contributed by atoms with Crippen molar-refractivity contribution in [3.63, 3.8) is 0 Å². The molecule has 0 bridgehead atoms. The van der Waals surface area contributed by atoms with Crippen LogP contribution in [0.2, 0.25) is 0 Å². The Bertz CT molecular complexity index is 849. The first kappa shape index (κ1) is 50.2. The van der Waals surface area contributed by atoms with Crippen molar-refractivity contribution in [2.24, 2.45) is 0 Å². The lowest BCUT2D eigenvalue weighted by Gasteiger charge is -2.19. The molecule has 304 valence electrons. The number of unbranched alkanes of at least 4 members (excludes halogenated alkanes) is 24. The molecule has 0 aliphatic heterocycles. The molecule has 7 nitrogen and oxygen atoms in total. The van der Waals surface area contributed by atoms with E-state index < -0.39 is 16.4 Å². The second-order valence-corrected chi connectivity index (χ2v) is 16.3. The SMILES string of the molecule is CCCCCCCCC=CCCCCCCCCOCC(COS(=O)(=O)NCCN(C)C)OCCCCCCCCC=CCCCCCCCC. The molecular formula is C43H86N2O5S. The van der Waals surface area contributed by atoms with Crippen molar-refractivity contribution in [1.29, 1.82) is 0 Å². The number of ether oxygens (including phenoxy) is 2. The third kappa shape index (κ3) is 41.8. The molecule has 0 saturated carbocycles. The summed E-state index contributed by atoms with van der Waals surface area (Å²) in [5, 5.41) is 0. The molecule has 0 aliphatic carbocycles. The van der Waals surface area contributed by atoms with Gasteiger partial charge in [0.2, 0.25) is 0 Å². The Morgan fingerprint density at radius 3 is 1.35 bits per heavy atom. The highest BCUT2D eigenvalue weighted by Crippen LogP contribution is 2.12. The highest BCUT2D eigenvalue weighted by Gasteiger charge is 2.17. The number of likely N-dealkylation sites (N-methyl/N-ethyl adjacent to an activating group) is 1. The summed E-state index contributed by atoms with van der Waals surface area (Å²) in [6.45, 7) is 7.05. The molecule has 1 N–H and O–H groups in total. The van der Waals surface area contributed by atoms with E-state index in [1.54, 1.807) is 0 Å². The smallest absolute Gasteiger partial charge is 0.335 e. The molecule has 0 radical (unpaired) electrons. The van der Waals surface area contributed by atoms with Gasteiger partial charge in [0.1, 0.15) is 6.10 Å². The van der Waals surface area contributed by atoms with E-state index >= 15 is 0 Å². The molecule has 0 aliphatic rings. The van der Waals surface area contributed by atoms with E-state index in [4.69, 9.17) is 13.7 Å². The molecule has 1 unspecified atom stereocenters. The van der Waals surface area contributed by atoms with Crippen molar-refractivity contribution >= 4 is 10.3 Å². The standard InChI is InChI=1S/C43H86N2O5S/c1-5-7-9-11-13-15-17-19-21-23-25-27-29-31-33-35-39-48-41-43(42-50-51(46,47)44-37-38-45(3)4)49-40-36-34-32-30-28-26-24-22-20-18-16-14-12-10-8-6-2/h19-22,43-44H,5-18,23-42H2,1-4H3. The van der Waals surface area contributed by atoms with Crippen molar-refractivity contribution in [3.05, 3.63) is 24.3 Å². The minimum absolute atomic E-state index is 0.0307. The van der Waals surface area contributed by atoms with Crippen molar-refractivity contribution < 1.29 is 22.1 Å². The number of rotatable bonds is 42. The highest BCUT2D eigenvalue weighted by atomic mass is 32.2. The summed E-state index contributed by atoms with van der Waals surface area (Å²) in [6, 6.07) is 0. The van der Waals surface area contributed by atoms with Gasteiger partial charge in [-0.1, -0.05) is 154 Å². The van der Waals surface area contributed by atoms with Crippen molar-refractivity contribution in [2.75, 3.05) is 53.6 Å². The zero-order valence-corrected chi connectivity index (χ0v) is 35.1. The minimum atomic E-state index is -3.82. The lowest BCUT2D eigenvalue weighted by molar-refractivity contribution is -0.0381. The molecule has 0 amide bonds. The van der Waals surface area contributed by atoms with Gasteiger partial charge in [-0.15, -0.1) is 0 Å². The number of hydrogen-bond acceptors (Lipinski definition) is 6. The van der Waals surface area contributed by atoms with Gasteiger partial charge < -0.3 is 14.4 Å². The molecule has 51 heavy (non-hydrogen) atoms. The Kier molecular flexibility index (Phi) is 39.8. The fourth-order valence-electron chi connectivity index (χ4n) is 6.01. The summed E-state index contributed by atoms with van der Waals surface area (Å²) in [4.78, 5) is 1.92. The van der Waals surface area contributed by atoms with Gasteiger partial charge in [-0.3, -0.25) is 4.18 Å². The predicted octanol–water partition coefficient (Wildman–Crippen LogP) is 11.9. The average Bonchev–Trinajstić information content (AvgIpc) is 3.10. The van der Waals surface area contributed by atoms with Gasteiger partial charge in [0, 0.05) is 26.3 Å². The summed E-state index contributed by atoms with van der Waals surface area (Å²) >= 11 is 0. The average molecular weight is 743 g/mol. The summed E-state index contributed by atoms with van der Waals surface area (Å²) in [5.74, 6) is 0. The second kappa shape index (κ2) is 40.4. The predicted molar refractivity (Wildman–Crippen MR) is 221 cm³/mol. The third-order valence-electron chi connectivity index (χ3n) is 9.36. The van der Waals surface area contributed by atoms with Gasteiger partial charge in [0.25, 0.3) is 0 Å². The molecule has 0 aromatic carbocycles. The van der Waals surface area contributed by atoms with Crippen LogP contribution < -0.4 is 4.72 Å². The maximum Gasteiger partial charge on any atom is 0.335 e.